The zero-order chi connectivity index (χ0) is 19.4. The third-order valence-corrected chi connectivity index (χ3v) is 4.74. The van der Waals surface area contributed by atoms with Crippen LogP contribution in [0.4, 0.5) is 0 Å². The third kappa shape index (κ3) is 4.79. The summed E-state index contributed by atoms with van der Waals surface area (Å²) in [4.78, 5) is 12.6. The van der Waals surface area contributed by atoms with Crippen LogP contribution in [0.2, 0.25) is 0 Å². The molecule has 3 aromatic rings. The SMILES string of the molecule is Cc1ccc(C(=O)N[C@@H](Cc2ccccc2)c2nnc(S(C)(=O)=O)o2)cc1. The lowest BCUT2D eigenvalue weighted by Crippen LogP contribution is -2.30. The van der Waals surface area contributed by atoms with Gasteiger partial charge in [-0.2, -0.15) is 0 Å². The molecular formula is C19H19N3O4S. The summed E-state index contributed by atoms with van der Waals surface area (Å²) >= 11 is 0. The molecule has 0 bridgehead atoms. The van der Waals surface area contributed by atoms with E-state index in [4.69, 9.17) is 4.42 Å². The highest BCUT2D eigenvalue weighted by molar-refractivity contribution is 7.90. The number of nitrogens with one attached hydrogen (secondary N) is 1. The molecule has 0 unspecified atom stereocenters. The van der Waals surface area contributed by atoms with Gasteiger partial charge in [0.25, 0.3) is 5.91 Å². The Balaban J connectivity index is 1.88. The number of carbonyl (C=O) groups is 1. The van der Waals surface area contributed by atoms with E-state index in [1.54, 1.807) is 12.1 Å². The minimum absolute atomic E-state index is 0.0414. The van der Waals surface area contributed by atoms with Gasteiger partial charge in [-0.15, -0.1) is 5.10 Å². The summed E-state index contributed by atoms with van der Waals surface area (Å²) in [5, 5.41) is 9.80. The van der Waals surface area contributed by atoms with Crippen molar-refractivity contribution < 1.29 is 17.6 Å². The number of rotatable bonds is 6. The first kappa shape index (κ1) is 18.8. The highest BCUT2D eigenvalue weighted by Gasteiger charge is 2.25. The van der Waals surface area contributed by atoms with Crippen molar-refractivity contribution in [2.24, 2.45) is 0 Å². The van der Waals surface area contributed by atoms with Crippen molar-refractivity contribution in [1.29, 1.82) is 0 Å². The van der Waals surface area contributed by atoms with E-state index in [9.17, 15) is 13.2 Å². The van der Waals surface area contributed by atoms with Crippen LogP contribution in [0.15, 0.2) is 64.2 Å². The normalized spacial score (nSPS) is 12.5. The van der Waals surface area contributed by atoms with Crippen molar-refractivity contribution in [1.82, 2.24) is 15.5 Å². The Kier molecular flexibility index (Phi) is 5.36. The second-order valence-corrected chi connectivity index (χ2v) is 8.15. The van der Waals surface area contributed by atoms with Gasteiger partial charge in [0.1, 0.15) is 6.04 Å². The summed E-state index contributed by atoms with van der Waals surface area (Å²) in [6.45, 7) is 1.94. The first-order valence-electron chi connectivity index (χ1n) is 8.28. The average Bonchev–Trinajstić information content (AvgIpc) is 3.13. The first-order valence-corrected chi connectivity index (χ1v) is 10.2. The fourth-order valence-electron chi connectivity index (χ4n) is 2.51. The number of aryl methyl sites for hydroxylation is 1. The van der Waals surface area contributed by atoms with Crippen molar-refractivity contribution in [3.05, 3.63) is 77.2 Å². The van der Waals surface area contributed by atoms with Gasteiger partial charge in [-0.05, 0) is 24.6 Å². The summed E-state index contributed by atoms with van der Waals surface area (Å²) in [5.74, 6) is -0.269. The summed E-state index contributed by atoms with van der Waals surface area (Å²) < 4.78 is 28.6. The maximum absolute atomic E-state index is 12.6. The molecule has 7 nitrogen and oxygen atoms in total. The predicted octanol–water partition coefficient (Wildman–Crippen LogP) is 2.50. The molecule has 2 aromatic carbocycles. The molecule has 1 atom stereocenters. The Morgan fingerprint density at radius 3 is 2.33 bits per heavy atom. The Hall–Kier alpha value is -3.00. The van der Waals surface area contributed by atoms with E-state index < -0.39 is 21.1 Å². The molecule has 0 aliphatic carbocycles. The van der Waals surface area contributed by atoms with Crippen LogP contribution in [0.3, 0.4) is 0 Å². The van der Waals surface area contributed by atoms with Crippen LogP contribution in [0.1, 0.15) is 33.4 Å². The molecule has 0 radical (unpaired) electrons. The van der Waals surface area contributed by atoms with Crippen molar-refractivity contribution in [3.63, 3.8) is 0 Å². The second-order valence-electron chi connectivity index (χ2n) is 6.26. The zero-order valence-corrected chi connectivity index (χ0v) is 15.7. The first-order chi connectivity index (χ1) is 12.8. The number of carbonyl (C=O) groups excluding carboxylic acids is 1. The standard InChI is InChI=1S/C19H19N3O4S/c1-13-8-10-15(11-9-13)17(23)20-16(12-14-6-4-3-5-7-14)18-21-22-19(26-18)27(2,24)25/h3-11,16H,12H2,1-2H3,(H,20,23)/t16-/m0/s1. The summed E-state index contributed by atoms with van der Waals surface area (Å²) in [7, 11) is -3.63. The summed E-state index contributed by atoms with van der Waals surface area (Å²) in [6, 6.07) is 15.9. The number of nitrogens with zero attached hydrogens (tertiary/aromatic N) is 2. The molecule has 0 saturated carbocycles. The molecule has 1 heterocycles. The summed E-state index contributed by atoms with van der Waals surface area (Å²) in [5.41, 5.74) is 2.47. The van der Waals surface area contributed by atoms with E-state index in [-0.39, 0.29) is 11.8 Å². The smallest absolute Gasteiger partial charge is 0.335 e. The van der Waals surface area contributed by atoms with E-state index in [1.165, 1.54) is 0 Å². The van der Waals surface area contributed by atoms with E-state index in [1.807, 2.05) is 49.4 Å². The number of hydrogen-bond donors (Lipinski definition) is 1. The molecule has 0 saturated heterocycles. The number of amides is 1. The fourth-order valence-corrected chi connectivity index (χ4v) is 2.93. The monoisotopic (exact) mass is 385 g/mol. The van der Waals surface area contributed by atoms with Gasteiger partial charge < -0.3 is 9.73 Å². The van der Waals surface area contributed by atoms with Crippen molar-refractivity contribution in [2.75, 3.05) is 6.26 Å². The van der Waals surface area contributed by atoms with Gasteiger partial charge in [0.15, 0.2) is 0 Å². The highest BCUT2D eigenvalue weighted by Crippen LogP contribution is 2.20. The maximum Gasteiger partial charge on any atom is 0.335 e. The predicted molar refractivity (Wildman–Crippen MR) is 98.9 cm³/mol. The maximum atomic E-state index is 12.6. The number of sulfone groups is 1. The van der Waals surface area contributed by atoms with Gasteiger partial charge in [-0.3, -0.25) is 4.79 Å². The van der Waals surface area contributed by atoms with Crippen LogP contribution in [0.5, 0.6) is 0 Å². The third-order valence-electron chi connectivity index (χ3n) is 3.94. The molecule has 0 spiro atoms. The van der Waals surface area contributed by atoms with Gasteiger partial charge in [0.2, 0.25) is 15.7 Å². The molecule has 1 amide bonds. The van der Waals surface area contributed by atoms with Gasteiger partial charge in [-0.1, -0.05) is 53.1 Å². The fraction of sp³-hybridized carbons (Fsp3) is 0.211. The zero-order valence-electron chi connectivity index (χ0n) is 14.9. The van der Waals surface area contributed by atoms with Gasteiger partial charge in [0.05, 0.1) is 0 Å². The van der Waals surface area contributed by atoms with Crippen LogP contribution in [0.25, 0.3) is 0 Å². The molecule has 8 heteroatoms. The van der Waals surface area contributed by atoms with Gasteiger partial charge in [-0.25, -0.2) is 8.42 Å². The molecule has 0 aliphatic rings. The molecule has 0 fully saturated rings. The lowest BCUT2D eigenvalue weighted by molar-refractivity contribution is 0.0929. The molecular weight excluding hydrogens is 366 g/mol. The Bertz CT molecular complexity index is 1030. The summed E-state index contributed by atoms with van der Waals surface area (Å²) in [6.07, 6.45) is 1.37. The largest absolute Gasteiger partial charge is 0.410 e. The van der Waals surface area contributed by atoms with Crippen LogP contribution in [0, 0.1) is 6.92 Å². The highest BCUT2D eigenvalue weighted by atomic mass is 32.2. The van der Waals surface area contributed by atoms with Crippen LogP contribution >= 0.6 is 0 Å². The number of benzene rings is 2. The Morgan fingerprint density at radius 1 is 1.07 bits per heavy atom. The second kappa shape index (κ2) is 7.71. The van der Waals surface area contributed by atoms with Gasteiger partial charge >= 0.3 is 5.22 Å². The molecule has 27 heavy (non-hydrogen) atoms. The minimum atomic E-state index is -3.63. The van der Waals surface area contributed by atoms with E-state index >= 15 is 0 Å². The van der Waals surface area contributed by atoms with E-state index in [0.29, 0.717) is 12.0 Å². The van der Waals surface area contributed by atoms with Crippen LogP contribution in [-0.4, -0.2) is 30.8 Å². The van der Waals surface area contributed by atoms with Crippen LogP contribution in [-0.2, 0) is 16.3 Å². The number of aromatic nitrogens is 2. The van der Waals surface area contributed by atoms with Gasteiger partial charge in [0, 0.05) is 18.2 Å². The molecule has 140 valence electrons. The minimum Gasteiger partial charge on any atom is -0.410 e. The van der Waals surface area contributed by atoms with Crippen molar-refractivity contribution >= 4 is 15.7 Å². The van der Waals surface area contributed by atoms with E-state index in [0.717, 1.165) is 17.4 Å². The number of hydrogen-bond acceptors (Lipinski definition) is 6. The topological polar surface area (TPSA) is 102 Å². The van der Waals surface area contributed by atoms with Crippen molar-refractivity contribution in [3.8, 4) is 0 Å². The Labute approximate surface area is 157 Å². The Morgan fingerprint density at radius 2 is 1.74 bits per heavy atom. The van der Waals surface area contributed by atoms with Crippen LogP contribution < -0.4 is 5.32 Å². The lowest BCUT2D eigenvalue weighted by Gasteiger charge is -2.15. The molecule has 0 aliphatic heterocycles. The molecule has 3 rings (SSSR count). The molecule has 1 N–H and O–H groups in total. The lowest BCUT2D eigenvalue weighted by atomic mass is 10.0. The average molecular weight is 385 g/mol. The molecule has 1 aromatic heterocycles. The van der Waals surface area contributed by atoms with E-state index in [2.05, 4.69) is 15.5 Å². The quantitative estimate of drug-likeness (QED) is 0.699. The van der Waals surface area contributed by atoms with Crippen molar-refractivity contribution in [2.45, 2.75) is 24.6 Å².